The SMILES string of the molecule is Cc1ccc2c(c1)CC(c1ccc3c(/C=C/c4ccc(CN5CCOCC5)cc4)n[nH]c3c1)CCC(=O)N2. The summed E-state index contributed by atoms with van der Waals surface area (Å²) in [6.07, 6.45) is 6.46. The molecular weight excluding hydrogens is 472 g/mol. The minimum absolute atomic E-state index is 0.0870. The molecule has 1 unspecified atom stereocenters. The van der Waals surface area contributed by atoms with Crippen molar-refractivity contribution in [2.45, 2.75) is 38.6 Å². The molecule has 1 fully saturated rings. The highest BCUT2D eigenvalue weighted by atomic mass is 16.5. The lowest BCUT2D eigenvalue weighted by molar-refractivity contribution is -0.116. The van der Waals surface area contributed by atoms with Crippen LogP contribution in [0.4, 0.5) is 5.69 Å². The molecule has 4 aromatic rings. The fraction of sp³-hybridized carbons (Fsp3) is 0.312. The smallest absolute Gasteiger partial charge is 0.224 e. The van der Waals surface area contributed by atoms with E-state index < -0.39 is 0 Å². The minimum Gasteiger partial charge on any atom is -0.379 e. The maximum Gasteiger partial charge on any atom is 0.224 e. The molecular formula is C32H34N4O2. The highest BCUT2D eigenvalue weighted by molar-refractivity contribution is 5.92. The number of H-pyrrole nitrogens is 1. The summed E-state index contributed by atoms with van der Waals surface area (Å²) >= 11 is 0. The third-order valence-electron chi connectivity index (χ3n) is 7.73. The van der Waals surface area contributed by atoms with Crippen molar-refractivity contribution in [3.8, 4) is 0 Å². The minimum atomic E-state index is 0.0870. The number of hydrogen-bond donors (Lipinski definition) is 2. The van der Waals surface area contributed by atoms with E-state index >= 15 is 0 Å². The normalized spacial score (nSPS) is 18.8. The number of carbonyl (C=O) groups excluding carboxylic acids is 1. The largest absolute Gasteiger partial charge is 0.379 e. The molecule has 1 atom stereocenters. The number of hydrogen-bond acceptors (Lipinski definition) is 4. The Balaban J connectivity index is 1.18. The third-order valence-corrected chi connectivity index (χ3v) is 7.73. The van der Waals surface area contributed by atoms with Crippen molar-refractivity contribution in [2.24, 2.45) is 0 Å². The first-order valence-electron chi connectivity index (χ1n) is 13.6. The third kappa shape index (κ3) is 5.57. The first kappa shape index (κ1) is 24.6. The van der Waals surface area contributed by atoms with Crippen molar-refractivity contribution < 1.29 is 9.53 Å². The average molecular weight is 507 g/mol. The second-order valence-corrected chi connectivity index (χ2v) is 10.5. The van der Waals surface area contributed by atoms with Gasteiger partial charge in [-0.3, -0.25) is 14.8 Å². The number of ether oxygens (including phenoxy) is 1. The fourth-order valence-electron chi connectivity index (χ4n) is 5.55. The molecule has 0 radical (unpaired) electrons. The highest BCUT2D eigenvalue weighted by Gasteiger charge is 2.21. The van der Waals surface area contributed by atoms with Crippen LogP contribution in [0.15, 0.2) is 60.7 Å². The maximum absolute atomic E-state index is 12.4. The van der Waals surface area contributed by atoms with Crippen molar-refractivity contribution in [1.82, 2.24) is 15.1 Å². The molecule has 2 N–H and O–H groups in total. The summed E-state index contributed by atoms with van der Waals surface area (Å²) in [5.41, 5.74) is 9.04. The number of nitrogens with zero attached hydrogens (tertiary/aromatic N) is 2. The van der Waals surface area contributed by atoms with Crippen LogP contribution in [-0.2, 0) is 22.5 Å². The van der Waals surface area contributed by atoms with Crippen LogP contribution < -0.4 is 5.32 Å². The zero-order valence-electron chi connectivity index (χ0n) is 21.9. The summed E-state index contributed by atoms with van der Waals surface area (Å²) in [6, 6.07) is 21.6. The van der Waals surface area contributed by atoms with Crippen molar-refractivity contribution in [1.29, 1.82) is 0 Å². The summed E-state index contributed by atoms with van der Waals surface area (Å²) in [5.74, 6) is 0.369. The molecule has 2 aliphatic heterocycles. The van der Waals surface area contributed by atoms with E-state index in [1.54, 1.807) is 0 Å². The van der Waals surface area contributed by atoms with Gasteiger partial charge in [-0.15, -0.1) is 0 Å². The monoisotopic (exact) mass is 506 g/mol. The van der Waals surface area contributed by atoms with Crippen LogP contribution in [-0.4, -0.2) is 47.3 Å². The second-order valence-electron chi connectivity index (χ2n) is 10.5. The van der Waals surface area contributed by atoms with Gasteiger partial charge < -0.3 is 10.1 Å². The summed E-state index contributed by atoms with van der Waals surface area (Å²) in [7, 11) is 0. The molecule has 38 heavy (non-hydrogen) atoms. The number of amides is 1. The van der Waals surface area contributed by atoms with E-state index in [4.69, 9.17) is 4.74 Å². The molecule has 0 spiro atoms. The molecule has 0 aliphatic carbocycles. The quantitative estimate of drug-likeness (QED) is 0.352. The van der Waals surface area contributed by atoms with Gasteiger partial charge in [0.05, 0.1) is 24.4 Å². The molecule has 6 heteroatoms. The van der Waals surface area contributed by atoms with Crippen molar-refractivity contribution in [2.75, 3.05) is 31.6 Å². The van der Waals surface area contributed by atoms with Crippen molar-refractivity contribution >= 4 is 34.6 Å². The molecule has 2 aliphatic rings. The number of anilines is 1. The van der Waals surface area contributed by atoms with Gasteiger partial charge in [0.25, 0.3) is 0 Å². The Hall–Kier alpha value is -3.74. The molecule has 1 amide bonds. The molecule has 1 aromatic heterocycles. The zero-order chi connectivity index (χ0) is 25.9. The van der Waals surface area contributed by atoms with Crippen LogP contribution in [0.25, 0.3) is 23.1 Å². The Bertz CT molecular complexity index is 1460. The number of benzene rings is 3. The van der Waals surface area contributed by atoms with E-state index in [0.29, 0.717) is 6.42 Å². The van der Waals surface area contributed by atoms with Crippen LogP contribution >= 0.6 is 0 Å². The number of aromatic amines is 1. The Morgan fingerprint density at radius 2 is 1.87 bits per heavy atom. The Morgan fingerprint density at radius 3 is 2.71 bits per heavy atom. The van der Waals surface area contributed by atoms with Crippen LogP contribution in [0.3, 0.4) is 0 Å². The summed E-state index contributed by atoms with van der Waals surface area (Å²) < 4.78 is 5.45. The standard InChI is InChI=1S/C32H34N4O2/c1-22-2-11-29-27(18-22)19-25(9-13-32(37)33-29)26-8-10-28-30(34-35-31(28)20-26)12-7-23-3-5-24(6-4-23)21-36-14-16-38-17-15-36/h2-8,10-12,18,20,25H,9,13-17,19,21H2,1H3,(H,33,37)(H,34,35)/b12-7+. The van der Waals surface area contributed by atoms with E-state index in [9.17, 15) is 4.79 Å². The Kier molecular flexibility index (Phi) is 7.08. The van der Waals surface area contributed by atoms with Gasteiger partial charge in [0, 0.05) is 37.1 Å². The molecule has 6 nitrogen and oxygen atoms in total. The van der Waals surface area contributed by atoms with Crippen LogP contribution in [0.2, 0.25) is 0 Å². The Labute approximate surface area is 223 Å². The van der Waals surface area contributed by atoms with E-state index in [2.05, 4.69) is 94.1 Å². The maximum atomic E-state index is 12.4. The number of fused-ring (bicyclic) bond motifs is 2. The number of carbonyl (C=O) groups is 1. The van der Waals surface area contributed by atoms with Gasteiger partial charge >= 0.3 is 0 Å². The van der Waals surface area contributed by atoms with Crippen LogP contribution in [0, 0.1) is 6.92 Å². The molecule has 194 valence electrons. The Morgan fingerprint density at radius 1 is 1.03 bits per heavy atom. The predicted octanol–water partition coefficient (Wildman–Crippen LogP) is 5.93. The van der Waals surface area contributed by atoms with Crippen molar-refractivity contribution in [3.63, 3.8) is 0 Å². The summed E-state index contributed by atoms with van der Waals surface area (Å²) in [4.78, 5) is 14.9. The predicted molar refractivity (Wildman–Crippen MR) is 153 cm³/mol. The van der Waals surface area contributed by atoms with Gasteiger partial charge in [0.1, 0.15) is 0 Å². The van der Waals surface area contributed by atoms with E-state index in [-0.39, 0.29) is 11.8 Å². The van der Waals surface area contributed by atoms with E-state index in [1.165, 1.54) is 22.3 Å². The molecule has 1 saturated heterocycles. The molecule has 0 bridgehead atoms. The van der Waals surface area contributed by atoms with Crippen LogP contribution in [0.5, 0.6) is 0 Å². The lowest BCUT2D eigenvalue weighted by Gasteiger charge is -2.26. The van der Waals surface area contributed by atoms with Gasteiger partial charge in [-0.05, 0) is 66.1 Å². The van der Waals surface area contributed by atoms with E-state index in [0.717, 1.165) is 73.5 Å². The number of morpholine rings is 1. The van der Waals surface area contributed by atoms with Gasteiger partial charge in [-0.25, -0.2) is 0 Å². The molecule has 6 rings (SSSR count). The summed E-state index contributed by atoms with van der Waals surface area (Å²) in [6.45, 7) is 6.71. The van der Waals surface area contributed by atoms with Gasteiger partial charge in [-0.1, -0.05) is 60.2 Å². The molecule has 0 saturated carbocycles. The average Bonchev–Trinajstić information content (AvgIpc) is 3.34. The van der Waals surface area contributed by atoms with Gasteiger partial charge in [0.15, 0.2) is 0 Å². The highest BCUT2D eigenvalue weighted by Crippen LogP contribution is 2.33. The molecule has 3 aromatic carbocycles. The van der Waals surface area contributed by atoms with Crippen molar-refractivity contribution in [3.05, 3.63) is 94.2 Å². The lowest BCUT2D eigenvalue weighted by Crippen LogP contribution is -2.35. The fourth-order valence-corrected chi connectivity index (χ4v) is 5.55. The van der Waals surface area contributed by atoms with Gasteiger partial charge in [-0.2, -0.15) is 5.10 Å². The summed E-state index contributed by atoms with van der Waals surface area (Å²) in [5, 5.41) is 12.0. The number of rotatable bonds is 5. The topological polar surface area (TPSA) is 70.2 Å². The number of aryl methyl sites for hydroxylation is 1. The lowest BCUT2D eigenvalue weighted by atomic mass is 9.85. The zero-order valence-corrected chi connectivity index (χ0v) is 21.9. The first-order valence-corrected chi connectivity index (χ1v) is 13.6. The molecule has 3 heterocycles. The van der Waals surface area contributed by atoms with Crippen LogP contribution in [0.1, 0.15) is 52.3 Å². The van der Waals surface area contributed by atoms with Gasteiger partial charge in [0.2, 0.25) is 5.91 Å². The number of aromatic nitrogens is 2. The second kappa shape index (κ2) is 10.9. The van der Waals surface area contributed by atoms with E-state index in [1.807, 2.05) is 6.07 Å². The number of nitrogens with one attached hydrogen (secondary N) is 2. The first-order chi connectivity index (χ1) is 18.6.